The number of alkyl carbamates (subject to hydrolysis) is 2. The lowest BCUT2D eigenvalue weighted by atomic mass is 9.98. The molecule has 0 aliphatic rings. The molecule has 3 rings (SSSR count). The van der Waals surface area contributed by atoms with Gasteiger partial charge in [-0.05, 0) is 55.2 Å². The molecule has 0 aliphatic heterocycles. The van der Waals surface area contributed by atoms with E-state index in [2.05, 4.69) is 34.4 Å². The minimum Gasteiger partial charge on any atom is -0.462 e. The molecule has 56 heavy (non-hydrogen) atoms. The summed E-state index contributed by atoms with van der Waals surface area (Å²) in [5.41, 5.74) is 2.58. The highest BCUT2D eigenvalue weighted by molar-refractivity contribution is 5.86. The van der Waals surface area contributed by atoms with Crippen molar-refractivity contribution in [2.24, 2.45) is 5.92 Å². The van der Waals surface area contributed by atoms with Gasteiger partial charge in [-0.3, -0.25) is 9.59 Å². The van der Waals surface area contributed by atoms with Crippen molar-refractivity contribution in [3.05, 3.63) is 133 Å². The number of hydrogen-bond donors (Lipinski definition) is 5. The van der Waals surface area contributed by atoms with Crippen LogP contribution in [0.2, 0.25) is 0 Å². The molecule has 4 amide bonds. The van der Waals surface area contributed by atoms with E-state index in [0.29, 0.717) is 32.2 Å². The average molecular weight is 771 g/mol. The van der Waals surface area contributed by atoms with Crippen LogP contribution in [0.1, 0.15) is 55.2 Å². The standard InChI is InChI=1S/C43H54N4O9/c1-3-16-35(27-39(49)45-37(28-48)26-32-18-8-5-9-19-32)40(50)46-36(24-14-15-25-44-42(52)55-29-33-20-10-6-11-21-33)31-54-41(51)38(17-4-2)47-43(53)56-30-34-22-12-7-13-23-34/h3-13,18-23,35-38,48H,1-2,14-17,24-31H2,(H,44,52)(H,45,49)(H,46,50)(H,47,53)/t35-,36+,37-,38-/m1/s1. The Morgan fingerprint density at radius 2 is 1.23 bits per heavy atom. The van der Waals surface area contributed by atoms with Gasteiger partial charge in [0.25, 0.3) is 0 Å². The zero-order valence-electron chi connectivity index (χ0n) is 31.7. The van der Waals surface area contributed by atoms with E-state index in [9.17, 15) is 29.1 Å². The second-order valence-corrected chi connectivity index (χ2v) is 13.2. The maximum atomic E-state index is 13.6. The fraction of sp³-hybridized carbons (Fsp3) is 0.372. The topological polar surface area (TPSA) is 181 Å². The summed E-state index contributed by atoms with van der Waals surface area (Å²) in [5.74, 6) is -2.40. The summed E-state index contributed by atoms with van der Waals surface area (Å²) in [4.78, 5) is 64.6. The van der Waals surface area contributed by atoms with Crippen molar-refractivity contribution < 1.29 is 43.3 Å². The zero-order chi connectivity index (χ0) is 40.4. The molecule has 0 saturated carbocycles. The van der Waals surface area contributed by atoms with Crippen LogP contribution in [0.5, 0.6) is 0 Å². The molecule has 300 valence electrons. The van der Waals surface area contributed by atoms with Crippen LogP contribution in [-0.2, 0) is 48.2 Å². The van der Waals surface area contributed by atoms with Gasteiger partial charge in [0.2, 0.25) is 11.8 Å². The van der Waals surface area contributed by atoms with Gasteiger partial charge in [0.05, 0.1) is 24.6 Å². The Kier molecular flexibility index (Phi) is 20.6. The Morgan fingerprint density at radius 1 is 0.661 bits per heavy atom. The number of esters is 1. The number of hydrogen-bond acceptors (Lipinski definition) is 9. The van der Waals surface area contributed by atoms with Gasteiger partial charge in [0.1, 0.15) is 25.9 Å². The number of aliphatic hydroxyl groups is 1. The van der Waals surface area contributed by atoms with E-state index in [0.717, 1.165) is 16.7 Å². The van der Waals surface area contributed by atoms with E-state index >= 15 is 0 Å². The van der Waals surface area contributed by atoms with Crippen LogP contribution in [0.4, 0.5) is 9.59 Å². The number of amides is 4. The first kappa shape index (κ1) is 44.4. The first-order valence-electron chi connectivity index (χ1n) is 18.7. The third-order valence-electron chi connectivity index (χ3n) is 8.59. The van der Waals surface area contributed by atoms with Crippen molar-refractivity contribution in [2.75, 3.05) is 19.8 Å². The maximum absolute atomic E-state index is 13.6. The van der Waals surface area contributed by atoms with Crippen LogP contribution in [0, 0.1) is 5.92 Å². The fourth-order valence-electron chi connectivity index (χ4n) is 5.62. The lowest BCUT2D eigenvalue weighted by molar-refractivity contribution is -0.147. The van der Waals surface area contributed by atoms with E-state index in [-0.39, 0.29) is 45.7 Å². The summed E-state index contributed by atoms with van der Waals surface area (Å²) in [6.45, 7) is 7.35. The van der Waals surface area contributed by atoms with Crippen LogP contribution >= 0.6 is 0 Å². The molecule has 0 spiro atoms. The smallest absolute Gasteiger partial charge is 0.408 e. The van der Waals surface area contributed by atoms with Crippen LogP contribution in [0.25, 0.3) is 0 Å². The van der Waals surface area contributed by atoms with E-state index in [1.165, 1.54) is 6.08 Å². The van der Waals surface area contributed by atoms with E-state index in [1.54, 1.807) is 18.2 Å². The summed E-state index contributed by atoms with van der Waals surface area (Å²) in [5, 5.41) is 20.9. The highest BCUT2D eigenvalue weighted by Crippen LogP contribution is 2.14. The van der Waals surface area contributed by atoms with Crippen LogP contribution < -0.4 is 21.3 Å². The maximum Gasteiger partial charge on any atom is 0.408 e. The Balaban J connectivity index is 1.59. The summed E-state index contributed by atoms with van der Waals surface area (Å²) in [6.07, 6.45) is 3.55. The van der Waals surface area contributed by atoms with Gasteiger partial charge in [-0.15, -0.1) is 13.2 Å². The molecule has 0 aliphatic carbocycles. The predicted octanol–water partition coefficient (Wildman–Crippen LogP) is 5.28. The third-order valence-corrected chi connectivity index (χ3v) is 8.59. The van der Waals surface area contributed by atoms with Crippen LogP contribution in [0.3, 0.4) is 0 Å². The molecule has 0 radical (unpaired) electrons. The normalized spacial score (nSPS) is 12.7. The van der Waals surface area contributed by atoms with E-state index in [1.807, 2.05) is 78.9 Å². The van der Waals surface area contributed by atoms with Gasteiger partial charge in [-0.2, -0.15) is 0 Å². The average Bonchev–Trinajstić information content (AvgIpc) is 3.21. The molecule has 0 saturated heterocycles. The lowest BCUT2D eigenvalue weighted by Crippen LogP contribution is -2.46. The molecule has 13 nitrogen and oxygen atoms in total. The molecule has 0 bridgehead atoms. The Morgan fingerprint density at radius 3 is 1.80 bits per heavy atom. The number of allylic oxidation sites excluding steroid dienone is 1. The Bertz CT molecular complexity index is 1660. The van der Waals surface area contributed by atoms with Crippen molar-refractivity contribution in [3.8, 4) is 0 Å². The highest BCUT2D eigenvalue weighted by atomic mass is 16.6. The van der Waals surface area contributed by atoms with Gasteiger partial charge in [0.15, 0.2) is 0 Å². The number of unbranched alkanes of at least 4 members (excludes halogenated alkanes) is 1. The quantitative estimate of drug-likeness (QED) is 0.0331. The number of benzene rings is 3. The van der Waals surface area contributed by atoms with Crippen molar-refractivity contribution in [1.29, 1.82) is 0 Å². The van der Waals surface area contributed by atoms with Crippen LogP contribution in [-0.4, -0.2) is 73.0 Å². The van der Waals surface area contributed by atoms with Gasteiger partial charge in [-0.25, -0.2) is 14.4 Å². The lowest BCUT2D eigenvalue weighted by Gasteiger charge is -2.24. The molecule has 4 atom stereocenters. The largest absolute Gasteiger partial charge is 0.462 e. The van der Waals surface area contributed by atoms with Crippen molar-refractivity contribution in [1.82, 2.24) is 21.3 Å². The summed E-state index contributed by atoms with van der Waals surface area (Å²) in [6, 6.07) is 25.5. The first-order chi connectivity index (χ1) is 27.2. The fourth-order valence-corrected chi connectivity index (χ4v) is 5.62. The second kappa shape index (κ2) is 26.0. The third kappa shape index (κ3) is 17.9. The second-order valence-electron chi connectivity index (χ2n) is 13.2. The number of nitrogens with one attached hydrogen (secondary N) is 4. The molecular formula is C43H54N4O9. The van der Waals surface area contributed by atoms with Crippen molar-refractivity contribution in [3.63, 3.8) is 0 Å². The number of rotatable bonds is 25. The minimum atomic E-state index is -1.09. The van der Waals surface area contributed by atoms with Crippen LogP contribution in [0.15, 0.2) is 116 Å². The SMILES string of the molecule is C=CC[C@H](CC(=O)N[C@@H](CO)Cc1ccccc1)C(=O)N[C@@H](CCCCNC(=O)OCc1ccccc1)COC(=O)[C@@H](CC=C)NC(=O)OCc1ccccc1. The van der Waals surface area contributed by atoms with E-state index in [4.69, 9.17) is 14.2 Å². The van der Waals surface area contributed by atoms with E-state index < -0.39 is 54.0 Å². The van der Waals surface area contributed by atoms with Gasteiger partial charge in [-0.1, -0.05) is 103 Å². The summed E-state index contributed by atoms with van der Waals surface area (Å²) in [7, 11) is 0. The zero-order valence-corrected chi connectivity index (χ0v) is 31.7. The van der Waals surface area contributed by atoms with Gasteiger partial charge in [0, 0.05) is 13.0 Å². The monoisotopic (exact) mass is 770 g/mol. The molecule has 5 N–H and O–H groups in total. The van der Waals surface area contributed by atoms with Gasteiger partial charge >= 0.3 is 18.2 Å². The number of carbonyl (C=O) groups excluding carboxylic acids is 5. The molecule has 0 fully saturated rings. The summed E-state index contributed by atoms with van der Waals surface area (Å²) < 4.78 is 16.1. The Hall–Kier alpha value is -5.95. The predicted molar refractivity (Wildman–Crippen MR) is 212 cm³/mol. The molecular weight excluding hydrogens is 716 g/mol. The number of aliphatic hydroxyl groups excluding tert-OH is 1. The molecule has 0 unspecified atom stereocenters. The molecule has 0 heterocycles. The van der Waals surface area contributed by atoms with Crippen molar-refractivity contribution >= 4 is 30.0 Å². The molecule has 3 aromatic rings. The van der Waals surface area contributed by atoms with Crippen molar-refractivity contribution in [2.45, 2.75) is 76.3 Å². The number of carbonyl (C=O) groups is 5. The Labute approximate surface area is 328 Å². The summed E-state index contributed by atoms with van der Waals surface area (Å²) >= 11 is 0. The highest BCUT2D eigenvalue weighted by Gasteiger charge is 2.27. The molecule has 13 heteroatoms. The molecule has 0 aromatic heterocycles. The van der Waals surface area contributed by atoms with Gasteiger partial charge < -0.3 is 40.6 Å². The minimum absolute atomic E-state index is 0.00776. The number of ether oxygens (including phenoxy) is 3. The molecule has 3 aromatic carbocycles. The first-order valence-corrected chi connectivity index (χ1v) is 18.7.